The Bertz CT molecular complexity index is 1490. The molecule has 0 amide bonds. The van der Waals surface area contributed by atoms with Crippen molar-refractivity contribution in [2.75, 3.05) is 0 Å². The minimum absolute atomic E-state index is 0.188. The molecule has 31 heavy (non-hydrogen) atoms. The lowest BCUT2D eigenvalue weighted by Gasteiger charge is -2.21. The number of nitrogens with one attached hydrogen (secondary N) is 1. The fourth-order valence-corrected chi connectivity index (χ4v) is 4.45. The van der Waals surface area contributed by atoms with E-state index < -0.39 is 12.1 Å². The highest BCUT2D eigenvalue weighted by molar-refractivity contribution is 5.99. The van der Waals surface area contributed by atoms with E-state index in [1.165, 1.54) is 6.07 Å². The fourth-order valence-electron chi connectivity index (χ4n) is 4.45. The number of esters is 1. The van der Waals surface area contributed by atoms with E-state index in [1.807, 2.05) is 0 Å². The molecular weight excluding hydrogens is 403 g/mol. The van der Waals surface area contributed by atoms with Gasteiger partial charge in [0, 0.05) is 34.3 Å². The number of benzene rings is 1. The molecule has 0 saturated carbocycles. The van der Waals surface area contributed by atoms with Crippen LogP contribution in [-0.4, -0.2) is 30.8 Å². The first-order valence-corrected chi connectivity index (χ1v) is 9.68. The van der Waals surface area contributed by atoms with Crippen LogP contribution in [-0.2, 0) is 22.7 Å². The molecule has 1 aromatic carbocycles. The molecule has 0 spiro atoms. The summed E-state index contributed by atoms with van der Waals surface area (Å²) in [6.07, 6.45) is 0.161. The normalized spacial score (nSPS) is 16.7. The number of fused-ring (bicyclic) bond motifs is 5. The van der Waals surface area contributed by atoms with E-state index in [0.29, 0.717) is 28.2 Å². The molecular formula is C22H15FN4O4. The summed E-state index contributed by atoms with van der Waals surface area (Å²) >= 11 is 0. The van der Waals surface area contributed by atoms with Crippen molar-refractivity contribution in [3.8, 4) is 22.6 Å². The van der Waals surface area contributed by atoms with Gasteiger partial charge in [-0.2, -0.15) is 5.10 Å². The number of nitrogens with zero attached hydrogens (tertiary/aromatic N) is 3. The molecule has 0 radical (unpaired) electrons. The number of H-pyrrole nitrogens is 1. The first kappa shape index (κ1) is 18.0. The average Bonchev–Trinajstić information content (AvgIpc) is 3.39. The van der Waals surface area contributed by atoms with Crippen LogP contribution in [0.2, 0.25) is 0 Å². The molecule has 6 rings (SSSR count). The van der Waals surface area contributed by atoms with Crippen LogP contribution in [0.15, 0.2) is 35.3 Å². The Labute approximate surface area is 173 Å². The molecule has 2 aliphatic heterocycles. The van der Waals surface area contributed by atoms with Crippen LogP contribution >= 0.6 is 0 Å². The zero-order valence-corrected chi connectivity index (χ0v) is 16.3. The lowest BCUT2D eigenvalue weighted by Crippen LogP contribution is -2.32. The Morgan fingerprint density at radius 2 is 2.10 bits per heavy atom. The number of pyridine rings is 2. The van der Waals surface area contributed by atoms with E-state index in [1.54, 1.807) is 35.9 Å². The quantitative estimate of drug-likeness (QED) is 0.405. The third-order valence-corrected chi connectivity index (χ3v) is 5.99. The predicted molar refractivity (Wildman–Crippen MR) is 108 cm³/mol. The van der Waals surface area contributed by atoms with E-state index in [9.17, 15) is 19.1 Å². The van der Waals surface area contributed by atoms with E-state index in [2.05, 4.69) is 15.2 Å². The van der Waals surface area contributed by atoms with Gasteiger partial charge in [0.1, 0.15) is 12.4 Å². The van der Waals surface area contributed by atoms with E-state index in [-0.39, 0.29) is 35.7 Å². The smallest absolute Gasteiger partial charge is 0.340 e. The predicted octanol–water partition coefficient (Wildman–Crippen LogP) is 2.35. The van der Waals surface area contributed by atoms with Crippen molar-refractivity contribution in [3.05, 3.63) is 68.9 Å². The van der Waals surface area contributed by atoms with Crippen molar-refractivity contribution in [3.63, 3.8) is 0 Å². The second-order valence-corrected chi connectivity index (χ2v) is 7.76. The molecule has 8 nitrogen and oxygen atoms in total. The number of aliphatic hydroxyl groups excluding tert-OH is 1. The van der Waals surface area contributed by atoms with Crippen molar-refractivity contribution in [1.82, 2.24) is 19.7 Å². The van der Waals surface area contributed by atoms with Crippen LogP contribution < -0.4 is 5.56 Å². The van der Waals surface area contributed by atoms with Crippen LogP contribution in [0.3, 0.4) is 0 Å². The fraction of sp³-hybridized carbons (Fsp3) is 0.182. The number of ether oxygens (including phenoxy) is 1. The van der Waals surface area contributed by atoms with Gasteiger partial charge >= 0.3 is 5.97 Å². The van der Waals surface area contributed by atoms with Gasteiger partial charge in [-0.05, 0) is 30.7 Å². The summed E-state index contributed by atoms with van der Waals surface area (Å²) in [4.78, 5) is 29.7. The highest BCUT2D eigenvalue weighted by Gasteiger charge is 2.35. The lowest BCUT2D eigenvalue weighted by atomic mass is 9.96. The van der Waals surface area contributed by atoms with Crippen molar-refractivity contribution in [2.45, 2.75) is 26.2 Å². The third kappa shape index (κ3) is 2.37. The number of aromatic nitrogens is 4. The van der Waals surface area contributed by atoms with Gasteiger partial charge in [-0.3, -0.25) is 9.89 Å². The molecule has 4 aromatic rings. The molecule has 9 heteroatoms. The standard InChI is InChI=1S/C22H15FN4O4/c1-9-4-11-16(6-14(9)23)25-19-12(18(11)15-2-3-24-26-15)7-27-17(19)5-10-13(21(27)29)8-31-22(30)20(10)28/h2-6,20,28H,7-8H2,1H3,(H,24,26)/t20-/m0/s1. The van der Waals surface area contributed by atoms with Crippen molar-refractivity contribution >= 4 is 16.9 Å². The number of aliphatic hydroxyl groups is 1. The van der Waals surface area contributed by atoms with E-state index in [0.717, 1.165) is 16.5 Å². The summed E-state index contributed by atoms with van der Waals surface area (Å²) in [5.41, 5.74) is 4.17. The number of aryl methyl sites for hydroxylation is 1. The number of carbonyl (C=O) groups is 1. The van der Waals surface area contributed by atoms with Crippen molar-refractivity contribution in [1.29, 1.82) is 0 Å². The maximum absolute atomic E-state index is 14.4. The molecule has 1 atom stereocenters. The van der Waals surface area contributed by atoms with Crippen LogP contribution in [0.1, 0.15) is 28.4 Å². The maximum atomic E-state index is 14.4. The minimum Gasteiger partial charge on any atom is -0.458 e. The second kappa shape index (κ2) is 6.08. The number of rotatable bonds is 1. The molecule has 2 N–H and O–H groups in total. The third-order valence-electron chi connectivity index (χ3n) is 5.99. The molecule has 0 fully saturated rings. The van der Waals surface area contributed by atoms with Gasteiger partial charge in [0.25, 0.3) is 5.56 Å². The Balaban J connectivity index is 1.71. The van der Waals surface area contributed by atoms with Crippen molar-refractivity contribution < 1.29 is 19.0 Å². The van der Waals surface area contributed by atoms with Crippen LogP contribution in [0.5, 0.6) is 0 Å². The number of aromatic amines is 1. The monoisotopic (exact) mass is 418 g/mol. The molecule has 0 saturated heterocycles. The Kier molecular flexibility index (Phi) is 3.52. The number of carbonyl (C=O) groups excluding carboxylic acids is 1. The lowest BCUT2D eigenvalue weighted by molar-refractivity contribution is -0.157. The summed E-state index contributed by atoms with van der Waals surface area (Å²) in [7, 11) is 0. The summed E-state index contributed by atoms with van der Waals surface area (Å²) in [6.45, 7) is 1.73. The number of halogens is 1. The van der Waals surface area contributed by atoms with Crippen molar-refractivity contribution in [2.24, 2.45) is 0 Å². The van der Waals surface area contributed by atoms with Gasteiger partial charge < -0.3 is 14.4 Å². The second-order valence-electron chi connectivity index (χ2n) is 7.76. The maximum Gasteiger partial charge on any atom is 0.340 e. The van der Waals surface area contributed by atoms with Gasteiger partial charge in [0.2, 0.25) is 0 Å². The van der Waals surface area contributed by atoms with Crippen LogP contribution in [0.25, 0.3) is 33.5 Å². The van der Waals surface area contributed by atoms with Gasteiger partial charge in [0.15, 0.2) is 6.10 Å². The molecule has 3 aromatic heterocycles. The molecule has 0 bridgehead atoms. The number of hydrogen-bond acceptors (Lipinski definition) is 6. The van der Waals surface area contributed by atoms with Gasteiger partial charge in [-0.25, -0.2) is 14.2 Å². The Morgan fingerprint density at radius 1 is 1.26 bits per heavy atom. The first-order chi connectivity index (χ1) is 14.9. The van der Waals surface area contributed by atoms with Gasteiger partial charge in [-0.1, -0.05) is 0 Å². The number of cyclic esters (lactones) is 1. The summed E-state index contributed by atoms with van der Waals surface area (Å²) in [6, 6.07) is 6.51. The minimum atomic E-state index is -1.53. The Morgan fingerprint density at radius 3 is 2.87 bits per heavy atom. The van der Waals surface area contributed by atoms with Crippen LogP contribution in [0, 0.1) is 12.7 Å². The molecule has 154 valence electrons. The van der Waals surface area contributed by atoms with Gasteiger partial charge in [0.05, 0.1) is 34.7 Å². The van der Waals surface area contributed by atoms with Gasteiger partial charge in [-0.15, -0.1) is 0 Å². The summed E-state index contributed by atoms with van der Waals surface area (Å²) < 4.78 is 20.8. The Hall–Kier alpha value is -3.85. The number of hydrogen-bond donors (Lipinski definition) is 2. The molecule has 0 aliphatic carbocycles. The SMILES string of the molecule is Cc1cc2c(-c3cc[nH]n3)c3c(nc2cc1F)-c1cc2c(c(=O)n1C3)COC(=O)[C@H]2O. The first-order valence-electron chi connectivity index (χ1n) is 9.68. The zero-order chi connectivity index (χ0) is 21.4. The zero-order valence-electron chi connectivity index (χ0n) is 16.3. The average molecular weight is 418 g/mol. The van der Waals surface area contributed by atoms with E-state index in [4.69, 9.17) is 4.74 Å². The summed E-state index contributed by atoms with van der Waals surface area (Å²) in [5.74, 6) is -1.18. The largest absolute Gasteiger partial charge is 0.458 e. The topological polar surface area (TPSA) is 110 Å². The highest BCUT2D eigenvalue weighted by Crippen LogP contribution is 2.41. The van der Waals surface area contributed by atoms with Crippen LogP contribution in [0.4, 0.5) is 4.39 Å². The summed E-state index contributed by atoms with van der Waals surface area (Å²) in [5, 5.41) is 18.1. The molecule has 2 aliphatic rings. The molecule has 0 unspecified atom stereocenters. The highest BCUT2D eigenvalue weighted by atomic mass is 19.1. The van der Waals surface area contributed by atoms with E-state index >= 15 is 0 Å². The molecule has 5 heterocycles.